The fourth-order valence-corrected chi connectivity index (χ4v) is 2.83. The van der Waals surface area contributed by atoms with Crippen molar-refractivity contribution in [3.63, 3.8) is 0 Å². The summed E-state index contributed by atoms with van der Waals surface area (Å²) in [5.41, 5.74) is -1.50. The van der Waals surface area contributed by atoms with Gasteiger partial charge in [0.1, 0.15) is 23.6 Å². The van der Waals surface area contributed by atoms with Crippen LogP contribution < -0.4 is 9.75 Å². The third kappa shape index (κ3) is 6.98. The zero-order valence-corrected chi connectivity index (χ0v) is 21.1. The van der Waals surface area contributed by atoms with E-state index in [1.54, 1.807) is 59.7 Å². The Labute approximate surface area is 195 Å². The number of carbonyl (C=O) groups is 2. The van der Waals surface area contributed by atoms with Gasteiger partial charge < -0.3 is 18.9 Å². The summed E-state index contributed by atoms with van der Waals surface area (Å²) < 4.78 is 22.2. The minimum absolute atomic E-state index is 0.202. The lowest BCUT2D eigenvalue weighted by Crippen LogP contribution is -2.53. The Hall–Kier alpha value is -3.01. The molecule has 184 valence electrons. The molecule has 1 aromatic rings. The van der Waals surface area contributed by atoms with Crippen molar-refractivity contribution >= 4 is 23.8 Å². The molecule has 0 saturated carbocycles. The molecule has 0 aromatic heterocycles. The summed E-state index contributed by atoms with van der Waals surface area (Å²) in [6.07, 6.45) is -1.79. The molecular weight excluding hydrogens is 430 g/mol. The summed E-state index contributed by atoms with van der Waals surface area (Å²) in [6, 6.07) is 4.95. The van der Waals surface area contributed by atoms with Crippen LogP contribution in [0.3, 0.4) is 0 Å². The smallest absolute Gasteiger partial charge is 0.455 e. The predicted octanol–water partition coefficient (Wildman–Crippen LogP) is 4.71. The highest BCUT2D eigenvalue weighted by molar-refractivity contribution is 6.05. The molecule has 0 aliphatic carbocycles. The number of hydrogen-bond acceptors (Lipinski definition) is 8. The van der Waals surface area contributed by atoms with Crippen molar-refractivity contribution < 1.29 is 33.4 Å². The number of benzene rings is 1. The van der Waals surface area contributed by atoms with Gasteiger partial charge in [-0.25, -0.2) is 14.6 Å². The lowest BCUT2D eigenvalue weighted by atomic mass is 10.1. The monoisotopic (exact) mass is 465 g/mol. The molecule has 1 aliphatic rings. The molecule has 0 fully saturated rings. The van der Waals surface area contributed by atoms with E-state index < -0.39 is 28.9 Å². The van der Waals surface area contributed by atoms with Gasteiger partial charge in [0.2, 0.25) is 5.90 Å². The quantitative estimate of drug-likeness (QED) is 0.594. The van der Waals surface area contributed by atoms with Gasteiger partial charge in [-0.2, -0.15) is 5.01 Å². The van der Waals surface area contributed by atoms with Gasteiger partial charge in [0.25, 0.3) is 0 Å². The van der Waals surface area contributed by atoms with Gasteiger partial charge in [-0.1, -0.05) is 5.17 Å². The fraction of sp³-hybridized carbons (Fsp3) is 0.609. The minimum atomic E-state index is -0.917. The van der Waals surface area contributed by atoms with Crippen LogP contribution >= 0.6 is 0 Å². The second-order valence-electron chi connectivity index (χ2n) is 10.1. The second-order valence-corrected chi connectivity index (χ2v) is 10.1. The standard InChI is InChI=1S/C23H35N3O7/c1-21(2,3)32-19(27)25(26(30-10)20(28)33-22(4,5)6)17-13-15(29-9)11-12-16(17)18-24-23(7,8)14-31-18/h11-13H,14H2,1-10H3. The number of ether oxygens (including phenoxy) is 4. The average Bonchev–Trinajstić information content (AvgIpc) is 3.02. The zero-order valence-electron chi connectivity index (χ0n) is 21.1. The van der Waals surface area contributed by atoms with E-state index in [9.17, 15) is 9.59 Å². The van der Waals surface area contributed by atoms with E-state index in [0.29, 0.717) is 29.0 Å². The molecule has 10 nitrogen and oxygen atoms in total. The average molecular weight is 466 g/mol. The van der Waals surface area contributed by atoms with E-state index >= 15 is 0 Å². The summed E-state index contributed by atoms with van der Waals surface area (Å²) in [4.78, 5) is 36.3. The number of nitrogens with zero attached hydrogens (tertiary/aromatic N) is 3. The van der Waals surface area contributed by atoms with Crippen molar-refractivity contribution in [2.24, 2.45) is 4.99 Å². The van der Waals surface area contributed by atoms with Crippen molar-refractivity contribution in [2.75, 3.05) is 25.8 Å². The number of aliphatic imine (C=N–C) groups is 1. The van der Waals surface area contributed by atoms with E-state index in [-0.39, 0.29) is 5.69 Å². The molecule has 0 unspecified atom stereocenters. The Kier molecular flexibility index (Phi) is 7.53. The van der Waals surface area contributed by atoms with Crippen LogP contribution in [0, 0.1) is 0 Å². The topological polar surface area (TPSA) is 99.1 Å². The van der Waals surface area contributed by atoms with E-state index in [1.807, 2.05) is 13.8 Å². The van der Waals surface area contributed by atoms with Crippen LogP contribution in [0.1, 0.15) is 61.0 Å². The number of hydrazine groups is 1. The Morgan fingerprint density at radius 3 is 2.03 bits per heavy atom. The van der Waals surface area contributed by atoms with Gasteiger partial charge in [-0.3, -0.25) is 4.84 Å². The number of rotatable bonds is 4. The number of methoxy groups -OCH3 is 1. The Morgan fingerprint density at radius 1 is 1.00 bits per heavy atom. The first-order valence-corrected chi connectivity index (χ1v) is 10.6. The maximum absolute atomic E-state index is 13.4. The molecule has 0 bridgehead atoms. The highest BCUT2D eigenvalue weighted by atomic mass is 16.8. The molecule has 10 heteroatoms. The molecule has 0 saturated heterocycles. The maximum atomic E-state index is 13.4. The van der Waals surface area contributed by atoms with Crippen LogP contribution in [-0.2, 0) is 19.0 Å². The molecule has 1 heterocycles. The Bertz CT molecular complexity index is 914. The van der Waals surface area contributed by atoms with Crippen molar-refractivity contribution in [3.05, 3.63) is 23.8 Å². The third-order valence-corrected chi connectivity index (χ3v) is 4.10. The van der Waals surface area contributed by atoms with E-state index in [1.165, 1.54) is 14.2 Å². The molecule has 1 aromatic carbocycles. The molecule has 1 aliphatic heterocycles. The third-order valence-electron chi connectivity index (χ3n) is 4.10. The summed E-state index contributed by atoms with van der Waals surface area (Å²) >= 11 is 0. The summed E-state index contributed by atoms with van der Waals surface area (Å²) in [6.45, 7) is 14.5. The lowest BCUT2D eigenvalue weighted by Gasteiger charge is -2.35. The second kappa shape index (κ2) is 9.46. The van der Waals surface area contributed by atoms with Gasteiger partial charge in [0.15, 0.2) is 0 Å². The van der Waals surface area contributed by atoms with Crippen LogP contribution in [0.4, 0.5) is 15.3 Å². The predicted molar refractivity (Wildman–Crippen MR) is 123 cm³/mol. The first-order valence-electron chi connectivity index (χ1n) is 10.6. The van der Waals surface area contributed by atoms with Crippen LogP contribution in [0.25, 0.3) is 0 Å². The molecule has 33 heavy (non-hydrogen) atoms. The van der Waals surface area contributed by atoms with Crippen LogP contribution in [0.2, 0.25) is 0 Å². The van der Waals surface area contributed by atoms with Gasteiger partial charge >= 0.3 is 12.2 Å². The molecule has 2 rings (SSSR count). The first kappa shape index (κ1) is 26.2. The first-order chi connectivity index (χ1) is 15.1. The molecule has 0 radical (unpaired) electrons. The molecule has 0 spiro atoms. The van der Waals surface area contributed by atoms with Gasteiger partial charge in [-0.15, -0.1) is 0 Å². The minimum Gasteiger partial charge on any atom is -0.497 e. The largest absolute Gasteiger partial charge is 0.497 e. The highest BCUT2D eigenvalue weighted by Gasteiger charge is 2.38. The number of hydroxylamine groups is 1. The number of amides is 2. The normalized spacial score (nSPS) is 15.3. The number of anilines is 1. The Balaban J connectivity index is 2.70. The molecular formula is C23H35N3O7. The molecule has 0 N–H and O–H groups in total. The summed E-state index contributed by atoms with van der Waals surface area (Å²) in [5, 5.41) is 1.63. The van der Waals surface area contributed by atoms with Crippen molar-refractivity contribution in [1.82, 2.24) is 5.17 Å². The SMILES string of the molecule is COc1ccc(C2=NC(C)(C)CO2)c(N(C(=O)OC(C)(C)C)N(OC)C(=O)OC(C)(C)C)c1. The zero-order chi connectivity index (χ0) is 25.2. The number of carbonyl (C=O) groups excluding carboxylic acids is 2. The van der Waals surface area contributed by atoms with E-state index in [2.05, 4.69) is 4.99 Å². The van der Waals surface area contributed by atoms with Gasteiger partial charge in [0.05, 0.1) is 31.0 Å². The molecule has 0 atom stereocenters. The number of hydrogen-bond donors (Lipinski definition) is 0. The van der Waals surface area contributed by atoms with Crippen LogP contribution in [0.5, 0.6) is 5.75 Å². The Morgan fingerprint density at radius 2 is 1.58 bits per heavy atom. The lowest BCUT2D eigenvalue weighted by molar-refractivity contribution is -0.130. The van der Waals surface area contributed by atoms with Crippen molar-refractivity contribution in [2.45, 2.75) is 72.1 Å². The van der Waals surface area contributed by atoms with E-state index in [0.717, 1.165) is 5.01 Å². The van der Waals surface area contributed by atoms with E-state index in [4.69, 9.17) is 23.8 Å². The summed E-state index contributed by atoms with van der Waals surface area (Å²) in [7, 11) is 2.74. The highest BCUT2D eigenvalue weighted by Crippen LogP contribution is 2.33. The van der Waals surface area contributed by atoms with Crippen molar-refractivity contribution in [3.8, 4) is 5.75 Å². The summed E-state index contributed by atoms with van der Waals surface area (Å²) in [5.74, 6) is 0.742. The van der Waals surface area contributed by atoms with Gasteiger partial charge in [-0.05, 0) is 67.5 Å². The van der Waals surface area contributed by atoms with Crippen LogP contribution in [0.15, 0.2) is 23.2 Å². The van der Waals surface area contributed by atoms with Crippen LogP contribution in [-0.4, -0.2) is 60.8 Å². The maximum Gasteiger partial charge on any atom is 0.455 e. The van der Waals surface area contributed by atoms with Gasteiger partial charge in [0, 0.05) is 6.07 Å². The van der Waals surface area contributed by atoms with Crippen molar-refractivity contribution in [1.29, 1.82) is 0 Å². The molecule has 2 amide bonds. The fourth-order valence-electron chi connectivity index (χ4n) is 2.83.